The first-order chi connectivity index (χ1) is 17.2. The number of carboxylic acids is 1. The SMILES string of the molecule is COc1cc(C)c(/C=C/C(C)=C/C=C/C(C)=C/C(=O)Nc2ccc(C(F)(F)F)cc2C(=O)O)c(C)c1C. The Bertz CT molecular complexity index is 1320. The highest BCUT2D eigenvalue weighted by molar-refractivity contribution is 6.05. The number of alkyl halides is 3. The number of nitrogens with one attached hydrogen (secondary N) is 1. The molecule has 5 nitrogen and oxygen atoms in total. The Labute approximate surface area is 214 Å². The van der Waals surface area contributed by atoms with Gasteiger partial charge in [-0.25, -0.2) is 4.79 Å². The fourth-order valence-corrected chi connectivity index (χ4v) is 3.59. The number of benzene rings is 2. The Morgan fingerprint density at radius 3 is 2.27 bits per heavy atom. The molecular formula is C29H30F3NO4. The largest absolute Gasteiger partial charge is 0.496 e. The number of aromatic carboxylic acids is 1. The zero-order chi connectivity index (χ0) is 27.9. The summed E-state index contributed by atoms with van der Waals surface area (Å²) in [7, 11) is 1.65. The second-order valence-corrected chi connectivity index (χ2v) is 8.60. The number of aryl methyl sites for hydroxylation is 1. The zero-order valence-corrected chi connectivity index (χ0v) is 21.6. The van der Waals surface area contributed by atoms with E-state index >= 15 is 0 Å². The molecule has 8 heteroatoms. The molecule has 0 aromatic heterocycles. The number of amides is 1. The summed E-state index contributed by atoms with van der Waals surface area (Å²) >= 11 is 0. The third-order valence-corrected chi connectivity index (χ3v) is 5.75. The van der Waals surface area contributed by atoms with Crippen molar-refractivity contribution in [3.63, 3.8) is 0 Å². The lowest BCUT2D eigenvalue weighted by molar-refractivity contribution is -0.137. The van der Waals surface area contributed by atoms with Crippen molar-refractivity contribution in [3.05, 3.63) is 99.2 Å². The van der Waals surface area contributed by atoms with Crippen LogP contribution in [0.2, 0.25) is 0 Å². The van der Waals surface area contributed by atoms with Crippen molar-refractivity contribution >= 4 is 23.6 Å². The topological polar surface area (TPSA) is 75.6 Å². The van der Waals surface area contributed by atoms with Gasteiger partial charge in [-0.15, -0.1) is 0 Å². The molecule has 0 fully saturated rings. The minimum Gasteiger partial charge on any atom is -0.496 e. The lowest BCUT2D eigenvalue weighted by atomic mass is 9.96. The van der Waals surface area contributed by atoms with E-state index in [1.165, 1.54) is 6.08 Å². The number of halogens is 3. The van der Waals surface area contributed by atoms with Crippen molar-refractivity contribution < 1.29 is 32.6 Å². The molecule has 2 aromatic carbocycles. The van der Waals surface area contributed by atoms with Crippen LogP contribution >= 0.6 is 0 Å². The second-order valence-electron chi connectivity index (χ2n) is 8.60. The van der Waals surface area contributed by atoms with Gasteiger partial charge in [0.15, 0.2) is 0 Å². The minimum absolute atomic E-state index is 0.223. The lowest BCUT2D eigenvalue weighted by Crippen LogP contribution is -2.14. The number of methoxy groups -OCH3 is 1. The van der Waals surface area contributed by atoms with Crippen LogP contribution in [0.15, 0.2) is 65.8 Å². The van der Waals surface area contributed by atoms with E-state index in [0.717, 1.165) is 45.7 Å². The number of hydrogen-bond donors (Lipinski definition) is 2. The standard InChI is InChI=1S/C29H30F3NO4/c1-17(10-12-23-19(3)15-26(37-6)21(5)20(23)4)8-7-9-18(2)14-27(34)33-25-13-11-22(29(30,31)32)16-24(25)28(35)36/h7-16H,1-6H3,(H,33,34)(H,35,36)/b9-7+,12-10+,17-8+,18-14+. The third-order valence-electron chi connectivity index (χ3n) is 5.75. The van der Waals surface area contributed by atoms with Crippen molar-refractivity contribution in [2.75, 3.05) is 12.4 Å². The summed E-state index contributed by atoms with van der Waals surface area (Å²) in [6.45, 7) is 9.70. The summed E-state index contributed by atoms with van der Waals surface area (Å²) in [5.74, 6) is -1.39. The maximum atomic E-state index is 12.9. The fraction of sp³-hybridized carbons (Fsp3) is 0.241. The maximum Gasteiger partial charge on any atom is 0.416 e. The normalized spacial score (nSPS) is 12.9. The van der Waals surface area contributed by atoms with Crippen LogP contribution in [0.5, 0.6) is 5.75 Å². The molecule has 0 spiro atoms. The Hall–Kier alpha value is -4.07. The van der Waals surface area contributed by atoms with Gasteiger partial charge in [-0.05, 0) is 86.7 Å². The molecule has 0 atom stereocenters. The van der Waals surface area contributed by atoms with E-state index in [4.69, 9.17) is 4.74 Å². The number of carboxylic acid groups (broad SMARTS) is 1. The molecule has 196 valence electrons. The molecule has 2 N–H and O–H groups in total. The second kappa shape index (κ2) is 12.3. The zero-order valence-electron chi connectivity index (χ0n) is 21.6. The predicted octanol–water partition coefficient (Wildman–Crippen LogP) is 7.44. The molecule has 0 saturated heterocycles. The van der Waals surface area contributed by atoms with E-state index in [0.29, 0.717) is 11.6 Å². The number of carbonyl (C=O) groups excluding carboxylic acids is 1. The van der Waals surface area contributed by atoms with Gasteiger partial charge in [-0.2, -0.15) is 13.2 Å². The number of anilines is 1. The van der Waals surface area contributed by atoms with Crippen molar-refractivity contribution in [2.45, 2.75) is 40.8 Å². The van der Waals surface area contributed by atoms with Gasteiger partial charge in [-0.1, -0.05) is 36.0 Å². The molecule has 0 aliphatic rings. The molecule has 0 unspecified atom stereocenters. The number of hydrogen-bond acceptors (Lipinski definition) is 3. The van der Waals surface area contributed by atoms with Crippen LogP contribution in [0.3, 0.4) is 0 Å². The summed E-state index contributed by atoms with van der Waals surface area (Å²) in [6.07, 6.45) is 5.87. The van der Waals surface area contributed by atoms with Gasteiger partial charge in [-0.3, -0.25) is 4.79 Å². The quantitative estimate of drug-likeness (QED) is 0.284. The van der Waals surface area contributed by atoms with Gasteiger partial charge < -0.3 is 15.2 Å². The van der Waals surface area contributed by atoms with Crippen LogP contribution in [-0.2, 0) is 11.0 Å². The maximum absolute atomic E-state index is 12.9. The molecule has 0 radical (unpaired) electrons. The molecule has 2 aromatic rings. The lowest BCUT2D eigenvalue weighted by Gasteiger charge is -2.13. The van der Waals surface area contributed by atoms with Gasteiger partial charge in [0.1, 0.15) is 5.75 Å². The highest BCUT2D eigenvalue weighted by Crippen LogP contribution is 2.32. The first kappa shape index (κ1) is 29.2. The Morgan fingerprint density at radius 1 is 1.00 bits per heavy atom. The van der Waals surface area contributed by atoms with Crippen LogP contribution in [-0.4, -0.2) is 24.1 Å². The van der Waals surface area contributed by atoms with E-state index in [9.17, 15) is 27.9 Å². The van der Waals surface area contributed by atoms with E-state index in [1.54, 1.807) is 26.2 Å². The average molecular weight is 514 g/mol. The van der Waals surface area contributed by atoms with E-state index < -0.39 is 29.2 Å². The van der Waals surface area contributed by atoms with Crippen LogP contribution in [0.25, 0.3) is 6.08 Å². The molecule has 0 aliphatic heterocycles. The highest BCUT2D eigenvalue weighted by atomic mass is 19.4. The number of carbonyl (C=O) groups is 2. The molecule has 0 heterocycles. The van der Waals surface area contributed by atoms with Crippen LogP contribution in [0.1, 0.15) is 52.0 Å². The van der Waals surface area contributed by atoms with Crippen molar-refractivity contribution in [2.24, 2.45) is 0 Å². The molecule has 0 aliphatic carbocycles. The van der Waals surface area contributed by atoms with Crippen molar-refractivity contribution in [3.8, 4) is 5.75 Å². The first-order valence-electron chi connectivity index (χ1n) is 11.4. The van der Waals surface area contributed by atoms with E-state index in [1.807, 2.05) is 52.0 Å². The Balaban J connectivity index is 2.12. The monoisotopic (exact) mass is 513 g/mol. The summed E-state index contributed by atoms with van der Waals surface area (Å²) in [5, 5.41) is 11.6. The third kappa shape index (κ3) is 7.96. The van der Waals surface area contributed by atoms with Crippen molar-refractivity contribution in [1.82, 2.24) is 0 Å². The van der Waals surface area contributed by atoms with Crippen LogP contribution in [0, 0.1) is 20.8 Å². The van der Waals surface area contributed by atoms with Gasteiger partial charge in [0.25, 0.3) is 0 Å². The fourth-order valence-electron chi connectivity index (χ4n) is 3.59. The molecule has 0 bridgehead atoms. The average Bonchev–Trinajstić information content (AvgIpc) is 2.80. The smallest absolute Gasteiger partial charge is 0.416 e. The summed E-state index contributed by atoms with van der Waals surface area (Å²) in [6, 6.07) is 4.14. The molecule has 0 saturated carbocycles. The number of rotatable bonds is 8. The molecular weight excluding hydrogens is 483 g/mol. The molecule has 2 rings (SSSR count). The van der Waals surface area contributed by atoms with Gasteiger partial charge in [0.05, 0.1) is 23.9 Å². The Kier molecular flexibility index (Phi) is 9.66. The van der Waals surface area contributed by atoms with Crippen LogP contribution < -0.4 is 10.1 Å². The number of allylic oxidation sites excluding steroid dienone is 6. The summed E-state index contributed by atoms with van der Waals surface area (Å²) in [5.41, 5.74) is 3.99. The van der Waals surface area contributed by atoms with Gasteiger partial charge >= 0.3 is 12.1 Å². The van der Waals surface area contributed by atoms with Crippen molar-refractivity contribution in [1.29, 1.82) is 0 Å². The molecule has 37 heavy (non-hydrogen) atoms. The molecule has 1 amide bonds. The minimum atomic E-state index is -4.69. The summed E-state index contributed by atoms with van der Waals surface area (Å²) < 4.78 is 44.0. The van der Waals surface area contributed by atoms with Crippen LogP contribution in [0.4, 0.5) is 18.9 Å². The highest BCUT2D eigenvalue weighted by Gasteiger charge is 2.32. The van der Waals surface area contributed by atoms with Gasteiger partial charge in [0.2, 0.25) is 5.91 Å². The van der Waals surface area contributed by atoms with Gasteiger partial charge in [0, 0.05) is 6.08 Å². The van der Waals surface area contributed by atoms with E-state index in [-0.39, 0.29) is 5.69 Å². The summed E-state index contributed by atoms with van der Waals surface area (Å²) in [4.78, 5) is 23.7. The van der Waals surface area contributed by atoms with E-state index in [2.05, 4.69) is 5.32 Å². The Morgan fingerprint density at radius 2 is 1.68 bits per heavy atom. The predicted molar refractivity (Wildman–Crippen MR) is 140 cm³/mol. The first-order valence-corrected chi connectivity index (χ1v) is 11.4. The number of ether oxygens (including phenoxy) is 1.